The molecule has 0 aliphatic rings. The lowest BCUT2D eigenvalue weighted by molar-refractivity contribution is 0.282. The minimum atomic E-state index is -4.22. The average molecular weight is 298 g/mol. The molecule has 6 heteroatoms. The van der Waals surface area contributed by atoms with E-state index in [0.29, 0.717) is 5.56 Å². The molecule has 4 nitrogen and oxygen atoms in total. The van der Waals surface area contributed by atoms with Crippen molar-refractivity contribution in [3.05, 3.63) is 40.3 Å². The molecule has 102 valence electrons. The van der Waals surface area contributed by atoms with E-state index in [2.05, 4.69) is 0 Å². The predicted molar refractivity (Wildman–Crippen MR) is 75.0 cm³/mol. The highest BCUT2D eigenvalue weighted by atomic mass is 32.3. The monoisotopic (exact) mass is 298 g/mol. The summed E-state index contributed by atoms with van der Waals surface area (Å²) in [6.07, 6.45) is 0. The number of benzene rings is 1. The molecule has 0 radical (unpaired) electrons. The van der Waals surface area contributed by atoms with Gasteiger partial charge >= 0.3 is 10.1 Å². The first-order valence-corrected chi connectivity index (χ1v) is 7.87. The first-order chi connectivity index (χ1) is 8.82. The van der Waals surface area contributed by atoms with Crippen molar-refractivity contribution in [3.8, 4) is 11.1 Å². The van der Waals surface area contributed by atoms with E-state index in [9.17, 15) is 13.0 Å². The Bertz CT molecular complexity index is 714. The molecule has 19 heavy (non-hydrogen) atoms. The summed E-state index contributed by atoms with van der Waals surface area (Å²) in [7, 11) is -4.22. The molecule has 0 aliphatic heterocycles. The summed E-state index contributed by atoms with van der Waals surface area (Å²) in [5.74, 6) is 0. The molecule has 0 spiro atoms. The van der Waals surface area contributed by atoms with Crippen LogP contribution in [0, 0.1) is 13.8 Å². The molecule has 1 heterocycles. The zero-order valence-electron chi connectivity index (χ0n) is 10.5. The fraction of sp³-hybridized carbons (Fsp3) is 0.231. The van der Waals surface area contributed by atoms with Crippen LogP contribution in [0.25, 0.3) is 11.1 Å². The normalized spacial score (nSPS) is 11.8. The summed E-state index contributed by atoms with van der Waals surface area (Å²) < 4.78 is 32.0. The van der Waals surface area contributed by atoms with E-state index in [4.69, 9.17) is 5.11 Å². The zero-order chi connectivity index (χ0) is 14.2. The van der Waals surface area contributed by atoms with Gasteiger partial charge in [-0.15, -0.1) is 11.3 Å². The van der Waals surface area contributed by atoms with Crippen LogP contribution in [0.3, 0.4) is 0 Å². The molecule has 1 aromatic carbocycles. The van der Waals surface area contributed by atoms with Gasteiger partial charge in [0.15, 0.2) is 4.21 Å². The molecule has 0 saturated carbocycles. The van der Waals surface area contributed by atoms with Crippen LogP contribution in [0.4, 0.5) is 0 Å². The maximum atomic E-state index is 11.4. The molecule has 1 aromatic heterocycles. The molecule has 0 saturated heterocycles. The average Bonchev–Trinajstić information content (AvgIpc) is 2.70. The van der Waals surface area contributed by atoms with Crippen LogP contribution in [0.15, 0.2) is 28.5 Å². The fourth-order valence-electron chi connectivity index (χ4n) is 2.00. The van der Waals surface area contributed by atoms with Gasteiger partial charge in [-0.25, -0.2) is 0 Å². The van der Waals surface area contributed by atoms with E-state index in [1.165, 1.54) is 0 Å². The summed E-state index contributed by atoms with van der Waals surface area (Å²) in [6.45, 7) is 3.57. The number of rotatable bonds is 3. The highest BCUT2D eigenvalue weighted by molar-refractivity contribution is 7.88. The van der Waals surface area contributed by atoms with Crippen LogP contribution in [0.2, 0.25) is 0 Å². The first-order valence-electron chi connectivity index (χ1n) is 5.61. The molecular formula is C13H14O4S2. The Hall–Kier alpha value is -1.21. The van der Waals surface area contributed by atoms with E-state index in [0.717, 1.165) is 32.9 Å². The highest BCUT2D eigenvalue weighted by Gasteiger charge is 2.21. The van der Waals surface area contributed by atoms with Gasteiger partial charge in [-0.05, 0) is 36.6 Å². The van der Waals surface area contributed by atoms with Gasteiger partial charge in [0, 0.05) is 10.4 Å². The van der Waals surface area contributed by atoms with E-state index >= 15 is 0 Å². The van der Waals surface area contributed by atoms with Crippen LogP contribution in [0.5, 0.6) is 0 Å². The number of aliphatic hydroxyl groups is 1. The lowest BCUT2D eigenvalue weighted by Crippen LogP contribution is -1.97. The van der Waals surface area contributed by atoms with Crippen LogP contribution in [-0.2, 0) is 16.7 Å². The van der Waals surface area contributed by atoms with Gasteiger partial charge in [0.1, 0.15) is 0 Å². The maximum absolute atomic E-state index is 11.4. The third kappa shape index (κ3) is 2.87. The Morgan fingerprint density at radius 2 is 1.84 bits per heavy atom. The molecule has 0 fully saturated rings. The molecule has 2 aromatic rings. The molecular weight excluding hydrogens is 284 g/mol. The van der Waals surface area contributed by atoms with E-state index < -0.39 is 10.1 Å². The summed E-state index contributed by atoms with van der Waals surface area (Å²) >= 11 is 1.05. The number of aryl methyl sites for hydroxylation is 2. The first kappa shape index (κ1) is 14.2. The van der Waals surface area contributed by atoms with Gasteiger partial charge in [-0.1, -0.05) is 18.2 Å². The third-order valence-electron chi connectivity index (χ3n) is 2.82. The second-order valence-corrected chi connectivity index (χ2v) is 7.21. The van der Waals surface area contributed by atoms with E-state index in [-0.39, 0.29) is 10.8 Å². The Kier molecular flexibility index (Phi) is 3.78. The summed E-state index contributed by atoms with van der Waals surface area (Å²) in [5.41, 5.74) is 2.87. The molecule has 2 rings (SSSR count). The smallest absolute Gasteiger partial charge is 0.304 e. The van der Waals surface area contributed by atoms with Crippen LogP contribution in [-0.4, -0.2) is 18.1 Å². The lowest BCUT2D eigenvalue weighted by atomic mass is 10.0. The van der Waals surface area contributed by atoms with Crippen molar-refractivity contribution in [1.29, 1.82) is 0 Å². The van der Waals surface area contributed by atoms with Crippen molar-refractivity contribution in [3.63, 3.8) is 0 Å². The topological polar surface area (TPSA) is 74.6 Å². The van der Waals surface area contributed by atoms with Gasteiger partial charge in [-0.3, -0.25) is 4.55 Å². The van der Waals surface area contributed by atoms with Crippen molar-refractivity contribution >= 4 is 21.5 Å². The molecule has 0 bridgehead atoms. The Morgan fingerprint density at radius 3 is 2.37 bits per heavy atom. The van der Waals surface area contributed by atoms with Crippen molar-refractivity contribution in [2.45, 2.75) is 24.7 Å². The number of aliphatic hydroxyl groups excluding tert-OH is 1. The minimum absolute atomic E-state index is 0.0372. The minimum Gasteiger partial charge on any atom is -0.392 e. The predicted octanol–water partition coefficient (Wildman–Crippen LogP) is 2.77. The molecule has 0 unspecified atom stereocenters. The van der Waals surface area contributed by atoms with Crippen molar-refractivity contribution in [2.24, 2.45) is 0 Å². The van der Waals surface area contributed by atoms with Crippen LogP contribution >= 0.6 is 11.3 Å². The van der Waals surface area contributed by atoms with Crippen LogP contribution in [0.1, 0.15) is 16.0 Å². The van der Waals surface area contributed by atoms with Crippen molar-refractivity contribution in [1.82, 2.24) is 0 Å². The highest BCUT2D eigenvalue weighted by Crippen LogP contribution is 2.36. The van der Waals surface area contributed by atoms with Gasteiger partial charge in [0.25, 0.3) is 0 Å². The van der Waals surface area contributed by atoms with E-state index in [1.807, 2.05) is 6.92 Å². The largest absolute Gasteiger partial charge is 0.392 e. The van der Waals surface area contributed by atoms with Gasteiger partial charge in [-0.2, -0.15) is 8.42 Å². The lowest BCUT2D eigenvalue weighted by Gasteiger charge is -2.07. The van der Waals surface area contributed by atoms with E-state index in [1.54, 1.807) is 31.2 Å². The molecule has 0 aliphatic carbocycles. The molecule has 0 amide bonds. The maximum Gasteiger partial charge on any atom is 0.304 e. The summed E-state index contributed by atoms with van der Waals surface area (Å²) in [5, 5.41) is 9.08. The SMILES string of the molecule is Cc1cc(-c2ccc(CO)cc2C)c(S(=O)(=O)O)s1. The van der Waals surface area contributed by atoms with Gasteiger partial charge < -0.3 is 5.11 Å². The fourth-order valence-corrected chi connectivity index (χ4v) is 4.01. The number of thiophene rings is 1. The standard InChI is InChI=1S/C13H14O4S2/c1-8-5-10(7-14)3-4-11(8)12-6-9(2)18-13(12)19(15,16)17/h3-6,14H,7H2,1-2H3,(H,15,16,17). The second-order valence-electron chi connectivity index (χ2n) is 4.34. The van der Waals surface area contributed by atoms with Crippen molar-refractivity contribution in [2.75, 3.05) is 0 Å². The zero-order valence-corrected chi connectivity index (χ0v) is 12.2. The Morgan fingerprint density at radius 1 is 1.16 bits per heavy atom. The van der Waals surface area contributed by atoms with Crippen LogP contribution < -0.4 is 0 Å². The summed E-state index contributed by atoms with van der Waals surface area (Å²) in [4.78, 5) is 0.813. The second kappa shape index (κ2) is 5.05. The molecule has 0 atom stereocenters. The molecule has 2 N–H and O–H groups in total. The quantitative estimate of drug-likeness (QED) is 0.854. The van der Waals surface area contributed by atoms with Gasteiger partial charge in [0.2, 0.25) is 0 Å². The van der Waals surface area contributed by atoms with Gasteiger partial charge in [0.05, 0.1) is 6.61 Å². The van der Waals surface area contributed by atoms with Crippen molar-refractivity contribution < 1.29 is 18.1 Å². The number of hydrogen-bond acceptors (Lipinski definition) is 4. The third-order valence-corrected chi connectivity index (χ3v) is 5.23. The Balaban J connectivity index is 2.66. The Labute approximate surface area is 116 Å². The summed E-state index contributed by atoms with van der Waals surface area (Å²) in [6, 6.07) is 7.05. The number of hydrogen-bond donors (Lipinski definition) is 2.